The van der Waals surface area contributed by atoms with Gasteiger partial charge in [-0.3, -0.25) is 9.59 Å². The summed E-state index contributed by atoms with van der Waals surface area (Å²) in [6.07, 6.45) is -5.08. The van der Waals surface area contributed by atoms with E-state index in [0.29, 0.717) is 5.56 Å². The standard InChI is InChI=1S/C21H16F3N5O3S/c1-10(2)17-13(8-25)18(27)28-19(14(17)9-26)33-15-7-16(30)29(20(15)31)11-3-5-12(6-4-11)32-21(22,23)24/h3-6,10,15H,7H2,1-2H3,(H2,27,28)/t15-/m0/s1. The Morgan fingerprint density at radius 2 is 1.79 bits per heavy atom. The van der Waals surface area contributed by atoms with E-state index in [0.717, 1.165) is 28.8 Å². The normalized spacial score (nSPS) is 16.1. The molecule has 2 aromatic rings. The molecule has 2 heterocycles. The highest BCUT2D eigenvalue weighted by Crippen LogP contribution is 2.39. The van der Waals surface area contributed by atoms with Crippen LogP contribution in [0.1, 0.15) is 42.9 Å². The molecular formula is C21H16F3N5O3S. The van der Waals surface area contributed by atoms with Gasteiger partial charge in [0.15, 0.2) is 0 Å². The summed E-state index contributed by atoms with van der Waals surface area (Å²) in [7, 11) is 0. The number of hydrogen-bond acceptors (Lipinski definition) is 8. The summed E-state index contributed by atoms with van der Waals surface area (Å²) in [6, 6.07) is 8.28. The van der Waals surface area contributed by atoms with Crippen LogP contribution in [0.3, 0.4) is 0 Å². The van der Waals surface area contributed by atoms with Crippen LogP contribution in [-0.2, 0) is 9.59 Å². The molecule has 170 valence electrons. The summed E-state index contributed by atoms with van der Waals surface area (Å²) in [5, 5.41) is 18.3. The van der Waals surface area contributed by atoms with E-state index in [2.05, 4.69) is 9.72 Å². The Bertz CT molecular complexity index is 1200. The van der Waals surface area contributed by atoms with Crippen molar-refractivity contribution in [3.05, 3.63) is 41.0 Å². The second-order valence-corrected chi connectivity index (χ2v) is 8.46. The van der Waals surface area contributed by atoms with Gasteiger partial charge in [0.05, 0.1) is 22.1 Å². The zero-order valence-corrected chi connectivity index (χ0v) is 18.1. The van der Waals surface area contributed by atoms with Gasteiger partial charge in [-0.2, -0.15) is 10.5 Å². The second-order valence-electron chi connectivity index (χ2n) is 7.26. The van der Waals surface area contributed by atoms with Crippen LogP contribution in [0, 0.1) is 22.7 Å². The van der Waals surface area contributed by atoms with Crippen molar-refractivity contribution in [2.45, 2.75) is 42.8 Å². The van der Waals surface area contributed by atoms with Crippen molar-refractivity contribution in [3.63, 3.8) is 0 Å². The zero-order chi connectivity index (χ0) is 24.5. The molecule has 12 heteroatoms. The molecule has 1 aliphatic heterocycles. The molecule has 1 atom stereocenters. The quantitative estimate of drug-likeness (QED) is 0.645. The molecule has 0 radical (unpaired) electrons. The van der Waals surface area contributed by atoms with Crippen LogP contribution in [0.2, 0.25) is 0 Å². The molecule has 33 heavy (non-hydrogen) atoms. The fraction of sp³-hybridized carbons (Fsp3) is 0.286. The minimum atomic E-state index is -4.87. The Balaban J connectivity index is 1.89. The monoisotopic (exact) mass is 475 g/mol. The van der Waals surface area contributed by atoms with Gasteiger partial charge in [-0.05, 0) is 35.7 Å². The van der Waals surface area contributed by atoms with Crippen LogP contribution < -0.4 is 15.4 Å². The molecule has 1 fully saturated rings. The van der Waals surface area contributed by atoms with Crippen molar-refractivity contribution in [2.75, 3.05) is 10.6 Å². The molecule has 3 rings (SSSR count). The maximum Gasteiger partial charge on any atom is 0.573 e. The SMILES string of the molecule is CC(C)c1c(C#N)c(N)nc(S[C@H]2CC(=O)N(c3ccc(OC(F)(F)F)cc3)C2=O)c1C#N. The first kappa shape index (κ1) is 23.9. The summed E-state index contributed by atoms with van der Waals surface area (Å²) in [5.41, 5.74) is 6.57. The average Bonchev–Trinajstić information content (AvgIpc) is 3.00. The van der Waals surface area contributed by atoms with Gasteiger partial charge >= 0.3 is 6.36 Å². The lowest BCUT2D eigenvalue weighted by Crippen LogP contribution is -2.31. The number of rotatable bonds is 5. The van der Waals surface area contributed by atoms with Gasteiger partial charge in [-0.1, -0.05) is 25.6 Å². The molecule has 0 aliphatic carbocycles. The van der Waals surface area contributed by atoms with Gasteiger partial charge in [-0.15, -0.1) is 13.2 Å². The number of benzene rings is 1. The number of nitrogen functional groups attached to an aromatic ring is 1. The summed E-state index contributed by atoms with van der Waals surface area (Å²) in [6.45, 7) is 3.56. The van der Waals surface area contributed by atoms with E-state index in [9.17, 15) is 33.3 Å². The second kappa shape index (κ2) is 9.00. The maximum absolute atomic E-state index is 12.9. The number of hydrogen-bond donors (Lipinski definition) is 1. The summed E-state index contributed by atoms with van der Waals surface area (Å²) in [4.78, 5) is 30.4. The Morgan fingerprint density at radius 3 is 2.30 bits per heavy atom. The highest BCUT2D eigenvalue weighted by Gasteiger charge is 2.41. The Labute approximate surface area is 190 Å². The molecule has 0 bridgehead atoms. The average molecular weight is 475 g/mol. The first-order valence-corrected chi connectivity index (χ1v) is 10.4. The first-order valence-electron chi connectivity index (χ1n) is 9.49. The van der Waals surface area contributed by atoms with E-state index < -0.39 is 29.2 Å². The van der Waals surface area contributed by atoms with Crippen molar-refractivity contribution in [1.29, 1.82) is 10.5 Å². The number of aromatic nitrogens is 1. The number of ether oxygens (including phenoxy) is 1. The number of nitriles is 2. The van der Waals surface area contributed by atoms with Gasteiger partial charge in [0, 0.05) is 6.42 Å². The molecule has 1 saturated heterocycles. The van der Waals surface area contributed by atoms with Gasteiger partial charge < -0.3 is 10.5 Å². The molecule has 1 aromatic heterocycles. The van der Waals surface area contributed by atoms with Crippen LogP contribution in [0.5, 0.6) is 5.75 Å². The molecule has 1 aliphatic rings. The van der Waals surface area contributed by atoms with Gasteiger partial charge in [0.1, 0.15) is 28.7 Å². The molecule has 0 unspecified atom stereocenters. The first-order chi connectivity index (χ1) is 15.5. The minimum Gasteiger partial charge on any atom is -0.406 e. The maximum atomic E-state index is 12.9. The van der Waals surface area contributed by atoms with E-state index in [4.69, 9.17) is 5.73 Å². The van der Waals surface area contributed by atoms with Crippen molar-refractivity contribution in [3.8, 4) is 17.9 Å². The number of halogens is 3. The number of pyridine rings is 1. The number of thioether (sulfide) groups is 1. The number of carbonyl (C=O) groups excluding carboxylic acids is 2. The zero-order valence-electron chi connectivity index (χ0n) is 17.3. The Hall–Kier alpha value is -3.77. The molecule has 0 spiro atoms. The molecule has 1 aromatic carbocycles. The number of alkyl halides is 3. The highest BCUT2D eigenvalue weighted by atomic mass is 32.2. The van der Waals surface area contributed by atoms with Crippen LogP contribution in [-0.4, -0.2) is 28.4 Å². The number of nitrogens with two attached hydrogens (primary N) is 1. The third kappa shape index (κ3) is 4.86. The largest absolute Gasteiger partial charge is 0.573 e. The van der Waals surface area contributed by atoms with E-state index in [-0.39, 0.29) is 40.0 Å². The van der Waals surface area contributed by atoms with Crippen molar-refractivity contribution < 1.29 is 27.5 Å². The molecule has 0 saturated carbocycles. The molecular weight excluding hydrogens is 459 g/mol. The van der Waals surface area contributed by atoms with Crippen LogP contribution in [0.4, 0.5) is 24.7 Å². The summed E-state index contributed by atoms with van der Waals surface area (Å²) in [5.74, 6) is -1.99. The topological polar surface area (TPSA) is 133 Å². The van der Waals surface area contributed by atoms with Gasteiger partial charge in [0.25, 0.3) is 0 Å². The van der Waals surface area contributed by atoms with Crippen molar-refractivity contribution in [2.24, 2.45) is 0 Å². The highest BCUT2D eigenvalue weighted by molar-refractivity contribution is 8.00. The van der Waals surface area contributed by atoms with Crippen LogP contribution >= 0.6 is 11.8 Å². The van der Waals surface area contributed by atoms with E-state index in [1.54, 1.807) is 13.8 Å². The Morgan fingerprint density at radius 1 is 1.18 bits per heavy atom. The molecule has 8 nitrogen and oxygen atoms in total. The predicted octanol–water partition coefficient (Wildman–Crippen LogP) is 3.85. The third-order valence-electron chi connectivity index (χ3n) is 4.72. The van der Waals surface area contributed by atoms with E-state index in [1.807, 2.05) is 12.1 Å². The molecule has 2 N–H and O–H groups in total. The lowest BCUT2D eigenvalue weighted by atomic mass is 9.94. The van der Waals surface area contributed by atoms with Crippen LogP contribution in [0.25, 0.3) is 0 Å². The number of nitrogens with zero attached hydrogens (tertiary/aromatic N) is 4. The summed E-state index contributed by atoms with van der Waals surface area (Å²) >= 11 is 0.880. The number of carbonyl (C=O) groups is 2. The van der Waals surface area contributed by atoms with Gasteiger partial charge in [0.2, 0.25) is 11.8 Å². The number of amides is 2. The van der Waals surface area contributed by atoms with E-state index in [1.165, 1.54) is 12.1 Å². The fourth-order valence-corrected chi connectivity index (χ4v) is 4.51. The molecule has 2 amide bonds. The third-order valence-corrected chi connectivity index (χ3v) is 5.89. The van der Waals surface area contributed by atoms with Crippen LogP contribution in [0.15, 0.2) is 29.3 Å². The summed E-state index contributed by atoms with van der Waals surface area (Å²) < 4.78 is 40.8. The smallest absolute Gasteiger partial charge is 0.406 e. The number of imide groups is 1. The number of anilines is 2. The van der Waals surface area contributed by atoms with Crippen molar-refractivity contribution >= 4 is 35.1 Å². The van der Waals surface area contributed by atoms with Gasteiger partial charge in [-0.25, -0.2) is 9.88 Å². The fourth-order valence-electron chi connectivity index (χ4n) is 3.39. The minimum absolute atomic E-state index is 0.0818. The predicted molar refractivity (Wildman–Crippen MR) is 112 cm³/mol. The lowest BCUT2D eigenvalue weighted by Gasteiger charge is -2.17. The lowest BCUT2D eigenvalue weighted by molar-refractivity contribution is -0.274. The Kier molecular flexibility index (Phi) is 6.51. The van der Waals surface area contributed by atoms with E-state index >= 15 is 0 Å². The van der Waals surface area contributed by atoms with Crippen molar-refractivity contribution in [1.82, 2.24) is 4.98 Å².